The van der Waals surface area contributed by atoms with Gasteiger partial charge in [0.2, 0.25) is 0 Å². The number of aromatic nitrogens is 2. The third-order valence-electron chi connectivity index (χ3n) is 3.35. The van der Waals surface area contributed by atoms with E-state index in [0.29, 0.717) is 12.1 Å². The van der Waals surface area contributed by atoms with Gasteiger partial charge in [-0.15, -0.1) is 11.3 Å². The Morgan fingerprint density at radius 2 is 2.19 bits per heavy atom. The van der Waals surface area contributed by atoms with Gasteiger partial charge in [0, 0.05) is 13.6 Å². The van der Waals surface area contributed by atoms with Crippen molar-refractivity contribution in [1.29, 1.82) is 5.26 Å². The topological polar surface area (TPSA) is 52.8 Å². The summed E-state index contributed by atoms with van der Waals surface area (Å²) in [4.78, 5) is 10.9. The second-order valence-electron chi connectivity index (χ2n) is 4.96. The summed E-state index contributed by atoms with van der Waals surface area (Å²) in [5.41, 5.74) is 3.97. The molecule has 0 N–H and O–H groups in total. The van der Waals surface area contributed by atoms with Crippen molar-refractivity contribution in [3.63, 3.8) is 0 Å². The van der Waals surface area contributed by atoms with Crippen molar-refractivity contribution in [2.45, 2.75) is 13.5 Å². The van der Waals surface area contributed by atoms with Gasteiger partial charge in [-0.25, -0.2) is 9.97 Å². The van der Waals surface area contributed by atoms with Crippen LogP contribution in [0, 0.1) is 18.3 Å². The summed E-state index contributed by atoms with van der Waals surface area (Å²) < 4.78 is 1.11. The van der Waals surface area contributed by atoms with Gasteiger partial charge in [0.05, 0.1) is 21.8 Å². The number of hydrogen-bond acceptors (Lipinski definition) is 5. The Hall–Kier alpha value is -2.45. The van der Waals surface area contributed by atoms with Crippen LogP contribution in [-0.2, 0) is 6.54 Å². The van der Waals surface area contributed by atoms with Crippen LogP contribution in [-0.4, -0.2) is 17.0 Å². The zero-order chi connectivity index (χ0) is 14.8. The van der Waals surface area contributed by atoms with E-state index in [2.05, 4.69) is 33.2 Å². The number of hydrogen-bond donors (Lipinski definition) is 0. The fraction of sp³-hybridized carbons (Fsp3) is 0.188. The number of rotatable bonds is 3. The normalized spacial score (nSPS) is 10.5. The fourth-order valence-electron chi connectivity index (χ4n) is 2.32. The third-order valence-corrected chi connectivity index (χ3v) is 4.43. The highest BCUT2D eigenvalue weighted by molar-refractivity contribution is 7.18. The van der Waals surface area contributed by atoms with Crippen molar-refractivity contribution in [3.05, 3.63) is 52.7 Å². The molecule has 0 fully saturated rings. The summed E-state index contributed by atoms with van der Waals surface area (Å²) in [6.45, 7) is 2.77. The lowest BCUT2D eigenvalue weighted by molar-refractivity contribution is 0.901. The fourth-order valence-corrected chi connectivity index (χ4v) is 3.36. The van der Waals surface area contributed by atoms with E-state index in [1.165, 1.54) is 5.56 Å². The van der Waals surface area contributed by atoms with Gasteiger partial charge in [-0.05, 0) is 35.6 Å². The second kappa shape index (κ2) is 5.51. The number of fused-ring (bicyclic) bond motifs is 1. The molecule has 0 bridgehead atoms. The number of benzene rings is 1. The van der Waals surface area contributed by atoms with Crippen LogP contribution in [0.4, 0.5) is 5.82 Å². The first-order valence-corrected chi connectivity index (χ1v) is 7.46. The van der Waals surface area contributed by atoms with Gasteiger partial charge < -0.3 is 4.90 Å². The molecular formula is C16H14N4S. The van der Waals surface area contributed by atoms with Crippen LogP contribution in [0.3, 0.4) is 0 Å². The van der Waals surface area contributed by atoms with E-state index in [4.69, 9.17) is 5.26 Å². The van der Waals surface area contributed by atoms with Crippen molar-refractivity contribution in [2.75, 3.05) is 11.9 Å². The number of nitrogens with zero attached hydrogens (tertiary/aromatic N) is 4. The minimum atomic E-state index is 0.681. The van der Waals surface area contributed by atoms with Gasteiger partial charge in [-0.2, -0.15) is 5.26 Å². The van der Waals surface area contributed by atoms with Crippen LogP contribution in [0.5, 0.6) is 0 Å². The zero-order valence-electron chi connectivity index (χ0n) is 11.9. The Kier molecular flexibility index (Phi) is 3.55. The minimum absolute atomic E-state index is 0.681. The number of nitriles is 1. The molecule has 3 aromatic rings. The lowest BCUT2D eigenvalue weighted by Gasteiger charge is -2.18. The SMILES string of the molecule is Cc1csc2c(N(C)Cc3cccc(C#N)c3)ncnc12. The summed E-state index contributed by atoms with van der Waals surface area (Å²) >= 11 is 1.67. The average molecular weight is 294 g/mol. The Balaban J connectivity index is 1.93. The van der Waals surface area contributed by atoms with E-state index < -0.39 is 0 Å². The zero-order valence-corrected chi connectivity index (χ0v) is 12.7. The van der Waals surface area contributed by atoms with Gasteiger partial charge >= 0.3 is 0 Å². The predicted octanol–water partition coefficient (Wildman–Crippen LogP) is 3.51. The molecule has 4 nitrogen and oxygen atoms in total. The summed E-state index contributed by atoms with van der Waals surface area (Å²) in [5.74, 6) is 0.931. The predicted molar refractivity (Wildman–Crippen MR) is 85.4 cm³/mol. The molecule has 0 spiro atoms. The van der Waals surface area contributed by atoms with Crippen molar-refractivity contribution >= 4 is 27.4 Å². The molecule has 0 aliphatic carbocycles. The number of anilines is 1. The quantitative estimate of drug-likeness (QED) is 0.742. The van der Waals surface area contributed by atoms with Crippen LogP contribution >= 0.6 is 11.3 Å². The maximum Gasteiger partial charge on any atom is 0.150 e. The van der Waals surface area contributed by atoms with Crippen molar-refractivity contribution in [3.8, 4) is 6.07 Å². The van der Waals surface area contributed by atoms with Crippen molar-refractivity contribution in [1.82, 2.24) is 9.97 Å². The maximum absolute atomic E-state index is 8.97. The molecule has 21 heavy (non-hydrogen) atoms. The van der Waals surface area contributed by atoms with Crippen LogP contribution in [0.15, 0.2) is 36.0 Å². The van der Waals surface area contributed by atoms with Crippen molar-refractivity contribution < 1.29 is 0 Å². The molecule has 1 aromatic carbocycles. The van der Waals surface area contributed by atoms with E-state index in [9.17, 15) is 0 Å². The van der Waals surface area contributed by atoms with Crippen molar-refractivity contribution in [2.24, 2.45) is 0 Å². The van der Waals surface area contributed by atoms with Gasteiger partial charge in [0.15, 0.2) is 0 Å². The van der Waals surface area contributed by atoms with E-state index >= 15 is 0 Å². The van der Waals surface area contributed by atoms with Gasteiger partial charge in [0.1, 0.15) is 12.1 Å². The third kappa shape index (κ3) is 2.58. The highest BCUT2D eigenvalue weighted by Gasteiger charge is 2.12. The molecule has 2 heterocycles. The van der Waals surface area contributed by atoms with Gasteiger partial charge in [0.25, 0.3) is 0 Å². The summed E-state index contributed by atoms with van der Waals surface area (Å²) in [7, 11) is 2.01. The molecule has 3 rings (SSSR count). The van der Waals surface area contributed by atoms with E-state index in [1.54, 1.807) is 17.7 Å². The Morgan fingerprint density at radius 1 is 1.33 bits per heavy atom. The molecule has 5 heteroatoms. The van der Waals surface area contributed by atoms with Crippen LogP contribution in [0.1, 0.15) is 16.7 Å². The molecule has 0 aliphatic heterocycles. The molecule has 0 amide bonds. The van der Waals surface area contributed by atoms with Gasteiger partial charge in [-0.1, -0.05) is 12.1 Å². The molecule has 0 unspecified atom stereocenters. The highest BCUT2D eigenvalue weighted by Crippen LogP contribution is 2.30. The molecule has 0 saturated carbocycles. The molecule has 0 atom stereocenters. The Labute approximate surface area is 127 Å². The first-order valence-electron chi connectivity index (χ1n) is 6.58. The molecule has 0 aliphatic rings. The van der Waals surface area contributed by atoms with Gasteiger partial charge in [-0.3, -0.25) is 0 Å². The maximum atomic E-state index is 8.97. The van der Waals surface area contributed by atoms with Crippen LogP contribution < -0.4 is 4.90 Å². The molecular weight excluding hydrogens is 280 g/mol. The molecule has 104 valence electrons. The van der Waals surface area contributed by atoms with E-state index in [1.807, 2.05) is 31.3 Å². The first-order chi connectivity index (χ1) is 10.2. The first kappa shape index (κ1) is 13.5. The summed E-state index contributed by atoms with van der Waals surface area (Å²) in [6, 6.07) is 9.83. The van der Waals surface area contributed by atoms with E-state index in [0.717, 1.165) is 21.6 Å². The summed E-state index contributed by atoms with van der Waals surface area (Å²) in [5, 5.41) is 11.1. The Bertz CT molecular complexity index is 832. The monoisotopic (exact) mass is 294 g/mol. The smallest absolute Gasteiger partial charge is 0.150 e. The summed E-state index contributed by atoms with van der Waals surface area (Å²) in [6.07, 6.45) is 1.61. The number of thiophene rings is 1. The molecule has 0 radical (unpaired) electrons. The average Bonchev–Trinajstić information content (AvgIpc) is 2.89. The molecule has 0 saturated heterocycles. The van der Waals surface area contributed by atoms with E-state index in [-0.39, 0.29) is 0 Å². The lowest BCUT2D eigenvalue weighted by Crippen LogP contribution is -2.17. The lowest BCUT2D eigenvalue weighted by atomic mass is 10.1. The number of aryl methyl sites for hydroxylation is 1. The minimum Gasteiger partial charge on any atom is -0.354 e. The molecule has 2 aromatic heterocycles. The van der Waals surface area contributed by atoms with Crippen LogP contribution in [0.2, 0.25) is 0 Å². The standard InChI is InChI=1S/C16H14N4S/c1-11-9-21-15-14(11)18-10-19-16(15)20(2)8-13-5-3-4-12(6-13)7-17/h3-6,9-10H,8H2,1-2H3. The largest absolute Gasteiger partial charge is 0.354 e. The second-order valence-corrected chi connectivity index (χ2v) is 5.84. The Morgan fingerprint density at radius 3 is 3.00 bits per heavy atom. The van der Waals surface area contributed by atoms with Crippen LogP contribution in [0.25, 0.3) is 10.2 Å². The highest BCUT2D eigenvalue weighted by atomic mass is 32.1.